The van der Waals surface area contributed by atoms with E-state index in [1.54, 1.807) is 6.07 Å². The second-order valence-electron chi connectivity index (χ2n) is 3.71. The van der Waals surface area contributed by atoms with Crippen LogP contribution in [0, 0.1) is 10.1 Å². The van der Waals surface area contributed by atoms with Crippen molar-refractivity contribution in [2.24, 2.45) is 0 Å². The maximum absolute atomic E-state index is 10.4. The molecule has 1 aromatic heterocycles. The number of hydrogen-bond acceptors (Lipinski definition) is 5. The predicted molar refractivity (Wildman–Crippen MR) is 60.6 cm³/mol. The minimum Gasteiger partial charge on any atom is -0.468 e. The van der Waals surface area contributed by atoms with Crippen molar-refractivity contribution >= 4 is 12.2 Å². The Morgan fingerprint density at radius 2 is 2.35 bits per heavy atom. The van der Waals surface area contributed by atoms with Gasteiger partial charge in [0.1, 0.15) is 6.20 Å². The third-order valence-electron chi connectivity index (χ3n) is 2.45. The fraction of sp³-hybridized carbons (Fsp3) is 0.455. The zero-order valence-corrected chi connectivity index (χ0v) is 9.54. The molecule has 92 valence electrons. The van der Waals surface area contributed by atoms with Crippen molar-refractivity contribution < 1.29 is 14.5 Å². The summed E-state index contributed by atoms with van der Waals surface area (Å²) in [6.45, 7) is 2.80. The van der Waals surface area contributed by atoms with Crippen molar-refractivity contribution in [3.63, 3.8) is 0 Å². The predicted octanol–water partition coefficient (Wildman–Crippen LogP) is 2.05. The van der Waals surface area contributed by atoms with Crippen molar-refractivity contribution in [2.45, 2.75) is 25.7 Å². The lowest BCUT2D eigenvalue weighted by molar-refractivity contribution is -0.385. The van der Waals surface area contributed by atoms with Gasteiger partial charge in [0.15, 0.2) is 0 Å². The molecule has 0 aliphatic carbocycles. The molecule has 17 heavy (non-hydrogen) atoms. The smallest absolute Gasteiger partial charge is 0.293 e. The normalized spacial score (nSPS) is 11.8. The number of rotatable bonds is 7. The highest BCUT2D eigenvalue weighted by Gasteiger charge is 2.10. The summed E-state index contributed by atoms with van der Waals surface area (Å²) in [4.78, 5) is 23.9. The summed E-state index contributed by atoms with van der Waals surface area (Å²) < 4.78 is 4.58. The van der Waals surface area contributed by atoms with Crippen LogP contribution >= 0.6 is 0 Å². The summed E-state index contributed by atoms with van der Waals surface area (Å²) in [6, 6.07) is 3.10. The van der Waals surface area contributed by atoms with Gasteiger partial charge in [0.25, 0.3) is 12.2 Å². The van der Waals surface area contributed by atoms with Gasteiger partial charge in [-0.1, -0.05) is 6.92 Å². The van der Waals surface area contributed by atoms with Crippen molar-refractivity contribution in [2.75, 3.05) is 6.61 Å². The highest BCUT2D eigenvalue weighted by molar-refractivity contribution is 5.36. The summed E-state index contributed by atoms with van der Waals surface area (Å²) >= 11 is 0. The second-order valence-corrected chi connectivity index (χ2v) is 3.71. The van der Waals surface area contributed by atoms with Crippen LogP contribution in [0.5, 0.6) is 0 Å². The minimum atomic E-state index is -0.473. The van der Waals surface area contributed by atoms with Crippen molar-refractivity contribution in [1.82, 2.24) is 4.98 Å². The van der Waals surface area contributed by atoms with E-state index in [-0.39, 0.29) is 11.6 Å². The largest absolute Gasteiger partial charge is 0.468 e. The van der Waals surface area contributed by atoms with Crippen molar-refractivity contribution in [3.8, 4) is 0 Å². The van der Waals surface area contributed by atoms with Gasteiger partial charge in [-0.3, -0.25) is 19.9 Å². The monoisotopic (exact) mass is 238 g/mol. The van der Waals surface area contributed by atoms with Gasteiger partial charge in [-0.25, -0.2) is 0 Å². The van der Waals surface area contributed by atoms with E-state index in [0.29, 0.717) is 13.1 Å². The summed E-state index contributed by atoms with van der Waals surface area (Å²) in [7, 11) is 0. The van der Waals surface area contributed by atoms with Gasteiger partial charge in [0.2, 0.25) is 0 Å². The fourth-order valence-electron chi connectivity index (χ4n) is 1.47. The Morgan fingerprint density at radius 1 is 1.59 bits per heavy atom. The lowest BCUT2D eigenvalue weighted by Gasteiger charge is -2.09. The van der Waals surface area contributed by atoms with Gasteiger partial charge < -0.3 is 4.74 Å². The molecule has 1 aromatic rings. The highest BCUT2D eigenvalue weighted by Crippen LogP contribution is 2.20. The molecule has 0 N–H and O–H groups in total. The van der Waals surface area contributed by atoms with Crippen LogP contribution in [0.3, 0.4) is 0 Å². The van der Waals surface area contributed by atoms with Gasteiger partial charge in [-0.05, 0) is 24.8 Å². The minimum absolute atomic E-state index is 0.00904. The molecule has 0 radical (unpaired) electrons. The summed E-state index contributed by atoms with van der Waals surface area (Å²) in [5.74, 6) is 0.186. The second kappa shape index (κ2) is 6.57. The number of nitro groups is 1. The molecule has 0 aliphatic heterocycles. The molecule has 1 rings (SSSR count). The number of ether oxygens (including phenoxy) is 1. The molecule has 0 saturated heterocycles. The van der Waals surface area contributed by atoms with Crippen LogP contribution in [-0.2, 0) is 9.53 Å². The van der Waals surface area contributed by atoms with Gasteiger partial charge >= 0.3 is 0 Å². The molecular formula is C11H14N2O4. The molecule has 0 amide bonds. The van der Waals surface area contributed by atoms with Crippen LogP contribution in [0.15, 0.2) is 18.3 Å². The Bertz CT molecular complexity index is 378. The molecule has 0 aromatic carbocycles. The molecule has 0 spiro atoms. The van der Waals surface area contributed by atoms with E-state index in [0.717, 1.165) is 18.5 Å². The van der Waals surface area contributed by atoms with E-state index in [1.807, 2.05) is 6.92 Å². The molecule has 6 nitrogen and oxygen atoms in total. The van der Waals surface area contributed by atoms with Crippen LogP contribution < -0.4 is 0 Å². The first-order chi connectivity index (χ1) is 8.15. The molecule has 0 bridgehead atoms. The standard InChI is InChI=1S/C11H14N2O4/c1-9(3-2-6-17-8-14)11-5-4-10(7-12-11)13(15)16/h4-5,7-9H,2-3,6H2,1H3. The number of carbonyl (C=O) groups excluding carboxylic acids is 1. The van der Waals surface area contributed by atoms with E-state index in [1.165, 1.54) is 12.3 Å². The molecule has 0 aliphatic rings. The van der Waals surface area contributed by atoms with Crippen molar-refractivity contribution in [3.05, 3.63) is 34.1 Å². The maximum Gasteiger partial charge on any atom is 0.293 e. The topological polar surface area (TPSA) is 82.3 Å². The Balaban J connectivity index is 2.48. The first kappa shape index (κ1) is 13.1. The van der Waals surface area contributed by atoms with Crippen LogP contribution in [0.1, 0.15) is 31.4 Å². The van der Waals surface area contributed by atoms with E-state index >= 15 is 0 Å². The van der Waals surface area contributed by atoms with Crippen LogP contribution in [0.25, 0.3) is 0 Å². The SMILES string of the molecule is CC(CCCOC=O)c1ccc([N+](=O)[O-])cn1. The summed E-state index contributed by atoms with van der Waals surface area (Å²) in [5, 5.41) is 10.4. The van der Waals surface area contributed by atoms with Gasteiger partial charge in [0.05, 0.1) is 11.5 Å². The highest BCUT2D eigenvalue weighted by atomic mass is 16.6. The molecule has 1 heterocycles. The lowest BCUT2D eigenvalue weighted by Crippen LogP contribution is -2.00. The average Bonchev–Trinajstić information content (AvgIpc) is 2.34. The zero-order chi connectivity index (χ0) is 12.7. The first-order valence-corrected chi connectivity index (χ1v) is 5.30. The lowest BCUT2D eigenvalue weighted by atomic mass is 10.0. The van der Waals surface area contributed by atoms with Gasteiger partial charge in [-0.2, -0.15) is 0 Å². The molecule has 0 fully saturated rings. The molecule has 6 heteroatoms. The Morgan fingerprint density at radius 3 is 2.88 bits per heavy atom. The number of aromatic nitrogens is 1. The third-order valence-corrected chi connectivity index (χ3v) is 2.45. The van der Waals surface area contributed by atoms with Gasteiger partial charge in [0, 0.05) is 11.8 Å². The molecule has 1 atom stereocenters. The van der Waals surface area contributed by atoms with Crippen LogP contribution in [-0.4, -0.2) is 23.0 Å². The van der Waals surface area contributed by atoms with E-state index < -0.39 is 4.92 Å². The first-order valence-electron chi connectivity index (χ1n) is 5.30. The average molecular weight is 238 g/mol. The Kier molecular flexibility index (Phi) is 5.06. The van der Waals surface area contributed by atoms with E-state index in [2.05, 4.69) is 9.72 Å². The molecule has 0 saturated carbocycles. The Hall–Kier alpha value is -1.98. The fourth-order valence-corrected chi connectivity index (χ4v) is 1.47. The van der Waals surface area contributed by atoms with Gasteiger partial charge in [-0.15, -0.1) is 0 Å². The Labute approximate surface area is 98.8 Å². The zero-order valence-electron chi connectivity index (χ0n) is 9.54. The van der Waals surface area contributed by atoms with Crippen molar-refractivity contribution in [1.29, 1.82) is 0 Å². The van der Waals surface area contributed by atoms with E-state index in [9.17, 15) is 14.9 Å². The number of nitrogens with zero attached hydrogens (tertiary/aromatic N) is 2. The van der Waals surface area contributed by atoms with E-state index in [4.69, 9.17) is 0 Å². The quantitative estimate of drug-likeness (QED) is 0.314. The molecular weight excluding hydrogens is 224 g/mol. The summed E-state index contributed by atoms with van der Waals surface area (Å²) in [6.07, 6.45) is 2.82. The summed E-state index contributed by atoms with van der Waals surface area (Å²) in [5.41, 5.74) is 0.798. The number of carbonyl (C=O) groups is 1. The number of hydrogen-bond donors (Lipinski definition) is 0. The maximum atomic E-state index is 10.4. The van der Waals surface area contributed by atoms with Crippen LogP contribution in [0.2, 0.25) is 0 Å². The van der Waals surface area contributed by atoms with Crippen LogP contribution in [0.4, 0.5) is 5.69 Å². The molecule has 1 unspecified atom stereocenters. The third kappa shape index (κ3) is 4.18. The number of pyridine rings is 1.